The minimum atomic E-state index is -0.0841. The number of benzene rings is 2. The number of aliphatic hydroxyl groups is 1. The fourth-order valence-corrected chi connectivity index (χ4v) is 3.16. The molecule has 0 spiro atoms. The molecular weight excluding hydrogens is 385 g/mol. The third kappa shape index (κ3) is 5.23. The number of para-hydroxylation sites is 1. The van der Waals surface area contributed by atoms with Gasteiger partial charge in [0.2, 0.25) is 0 Å². The van der Waals surface area contributed by atoms with Gasteiger partial charge in [0.15, 0.2) is 5.43 Å². The molecule has 0 aliphatic heterocycles. The van der Waals surface area contributed by atoms with Gasteiger partial charge in [-0.15, -0.1) is 0 Å². The first-order valence-corrected chi connectivity index (χ1v) is 9.46. The summed E-state index contributed by atoms with van der Waals surface area (Å²) in [5, 5.41) is 17.8. The smallest absolute Gasteiger partial charge is 0.191 e. The van der Waals surface area contributed by atoms with Gasteiger partial charge in [-0.05, 0) is 36.2 Å². The Bertz CT molecular complexity index is 975. The van der Waals surface area contributed by atoms with Crippen LogP contribution in [0.5, 0.6) is 0 Å². The summed E-state index contributed by atoms with van der Waals surface area (Å²) in [5.74, 6) is 0.667. The molecule has 3 rings (SSSR count). The van der Waals surface area contributed by atoms with Crippen molar-refractivity contribution in [1.29, 1.82) is 0 Å². The summed E-state index contributed by atoms with van der Waals surface area (Å²) < 4.78 is 0. The molecule has 7 heteroatoms. The van der Waals surface area contributed by atoms with Gasteiger partial charge in [0.25, 0.3) is 0 Å². The van der Waals surface area contributed by atoms with Gasteiger partial charge >= 0.3 is 0 Å². The number of aromatic nitrogens is 1. The summed E-state index contributed by atoms with van der Waals surface area (Å²) in [4.78, 5) is 15.3. The van der Waals surface area contributed by atoms with Crippen LogP contribution in [0.3, 0.4) is 0 Å². The van der Waals surface area contributed by atoms with Crippen LogP contribution in [0.2, 0.25) is 10.0 Å². The maximum atomic E-state index is 12.1. The van der Waals surface area contributed by atoms with Crippen LogP contribution < -0.4 is 16.1 Å². The third-order valence-corrected chi connectivity index (χ3v) is 5.08. The standard InChI is InChI=1S/C20H21Cl2N3O2/c21-16-6-5-13(9-17(16)22)11-24-14(12-26)7-8-23-20-10-19(27)15-3-1-2-4-18(15)25-20/h1-6,9-10,14,24,26H,7-8,11-12H2,(H2,23,25,27)/t14-/m0/s1. The van der Waals surface area contributed by atoms with E-state index < -0.39 is 0 Å². The van der Waals surface area contributed by atoms with Crippen molar-refractivity contribution < 1.29 is 5.11 Å². The van der Waals surface area contributed by atoms with Crippen molar-refractivity contribution in [2.45, 2.75) is 19.0 Å². The highest BCUT2D eigenvalue weighted by Gasteiger charge is 2.08. The number of nitrogens with one attached hydrogen (secondary N) is 3. The minimum Gasteiger partial charge on any atom is -0.395 e. The van der Waals surface area contributed by atoms with Gasteiger partial charge in [0.1, 0.15) is 5.82 Å². The van der Waals surface area contributed by atoms with E-state index in [2.05, 4.69) is 15.6 Å². The van der Waals surface area contributed by atoms with Crippen molar-refractivity contribution in [2.75, 3.05) is 18.5 Å². The van der Waals surface area contributed by atoms with Crippen LogP contribution in [0.4, 0.5) is 5.82 Å². The van der Waals surface area contributed by atoms with E-state index in [0.29, 0.717) is 40.8 Å². The first kappa shape index (κ1) is 19.7. The second kappa shape index (κ2) is 9.24. The maximum Gasteiger partial charge on any atom is 0.191 e. The third-order valence-electron chi connectivity index (χ3n) is 4.34. The van der Waals surface area contributed by atoms with E-state index in [1.54, 1.807) is 18.2 Å². The number of halogens is 2. The molecule has 0 fully saturated rings. The molecule has 0 aliphatic rings. The zero-order valence-corrected chi connectivity index (χ0v) is 16.1. The molecule has 0 radical (unpaired) electrons. The van der Waals surface area contributed by atoms with Gasteiger partial charge in [0, 0.05) is 30.6 Å². The number of pyridine rings is 1. The largest absolute Gasteiger partial charge is 0.395 e. The fraction of sp³-hybridized carbons (Fsp3) is 0.250. The van der Waals surface area contributed by atoms with Gasteiger partial charge in [-0.3, -0.25) is 4.79 Å². The van der Waals surface area contributed by atoms with Crippen molar-refractivity contribution in [1.82, 2.24) is 10.3 Å². The predicted molar refractivity (Wildman–Crippen MR) is 112 cm³/mol. The number of aliphatic hydroxyl groups excluding tert-OH is 1. The molecule has 0 saturated heterocycles. The summed E-state index contributed by atoms with van der Waals surface area (Å²) in [6, 6.07) is 14.3. The van der Waals surface area contributed by atoms with Gasteiger partial charge in [-0.25, -0.2) is 0 Å². The van der Waals surface area contributed by atoms with Crippen LogP contribution >= 0.6 is 23.2 Å². The van der Waals surface area contributed by atoms with Crippen LogP contribution in [0.1, 0.15) is 12.0 Å². The molecule has 0 aliphatic carbocycles. The average molecular weight is 406 g/mol. The van der Waals surface area contributed by atoms with Crippen LogP contribution in [0, 0.1) is 0 Å². The summed E-state index contributed by atoms with van der Waals surface area (Å²) >= 11 is 11.9. The van der Waals surface area contributed by atoms with E-state index >= 15 is 0 Å². The Labute approximate surface area is 167 Å². The van der Waals surface area contributed by atoms with Gasteiger partial charge in [0.05, 0.1) is 22.2 Å². The van der Waals surface area contributed by atoms with Crippen LogP contribution in [0.25, 0.3) is 10.9 Å². The number of anilines is 1. The van der Waals surface area contributed by atoms with Crippen LogP contribution in [-0.2, 0) is 6.54 Å². The zero-order chi connectivity index (χ0) is 19.2. The molecule has 142 valence electrons. The quantitative estimate of drug-likeness (QED) is 0.459. The minimum absolute atomic E-state index is 0.0112. The van der Waals surface area contributed by atoms with E-state index in [-0.39, 0.29) is 18.1 Å². The second-order valence-electron chi connectivity index (χ2n) is 6.32. The monoisotopic (exact) mass is 405 g/mol. The molecule has 0 saturated carbocycles. The highest BCUT2D eigenvalue weighted by Crippen LogP contribution is 2.22. The number of hydrogen-bond donors (Lipinski definition) is 4. The topological polar surface area (TPSA) is 77.2 Å². The Morgan fingerprint density at radius 1 is 1.07 bits per heavy atom. The number of H-pyrrole nitrogens is 1. The molecule has 1 aromatic heterocycles. The van der Waals surface area contributed by atoms with Crippen molar-refractivity contribution in [3.05, 3.63) is 74.4 Å². The maximum absolute atomic E-state index is 12.1. The molecule has 0 amide bonds. The van der Waals surface area contributed by atoms with Crippen LogP contribution in [0.15, 0.2) is 53.3 Å². The number of aromatic amines is 1. The number of hydrogen-bond acceptors (Lipinski definition) is 4. The molecule has 0 bridgehead atoms. The number of rotatable bonds is 8. The van der Waals surface area contributed by atoms with Crippen molar-refractivity contribution >= 4 is 39.9 Å². The SMILES string of the molecule is O=c1cc(NCC[C@@H](CO)NCc2ccc(Cl)c(Cl)c2)[nH]c2ccccc12. The lowest BCUT2D eigenvalue weighted by Gasteiger charge is -2.17. The van der Waals surface area contributed by atoms with Gasteiger partial charge < -0.3 is 20.7 Å². The van der Waals surface area contributed by atoms with Crippen LogP contribution in [-0.4, -0.2) is 29.3 Å². The van der Waals surface area contributed by atoms with Gasteiger partial charge in [-0.2, -0.15) is 0 Å². The van der Waals surface area contributed by atoms with Crippen molar-refractivity contribution in [3.63, 3.8) is 0 Å². The van der Waals surface area contributed by atoms with Crippen molar-refractivity contribution in [3.8, 4) is 0 Å². The van der Waals surface area contributed by atoms with E-state index in [1.807, 2.05) is 30.3 Å². The van der Waals surface area contributed by atoms with Crippen molar-refractivity contribution in [2.24, 2.45) is 0 Å². The van der Waals surface area contributed by atoms with E-state index in [1.165, 1.54) is 0 Å². The molecule has 1 atom stereocenters. The summed E-state index contributed by atoms with van der Waals surface area (Å²) in [7, 11) is 0. The van der Waals surface area contributed by atoms with Gasteiger partial charge in [-0.1, -0.05) is 41.4 Å². The Morgan fingerprint density at radius 2 is 1.89 bits per heavy atom. The molecule has 2 aromatic carbocycles. The first-order valence-electron chi connectivity index (χ1n) is 8.71. The summed E-state index contributed by atoms with van der Waals surface area (Å²) in [5.41, 5.74) is 1.77. The second-order valence-corrected chi connectivity index (χ2v) is 7.13. The lowest BCUT2D eigenvalue weighted by atomic mass is 10.1. The average Bonchev–Trinajstić information content (AvgIpc) is 2.67. The van der Waals surface area contributed by atoms with E-state index in [0.717, 1.165) is 11.1 Å². The fourth-order valence-electron chi connectivity index (χ4n) is 2.84. The molecule has 4 N–H and O–H groups in total. The zero-order valence-electron chi connectivity index (χ0n) is 14.6. The summed E-state index contributed by atoms with van der Waals surface area (Å²) in [6.07, 6.45) is 0.687. The summed E-state index contributed by atoms with van der Waals surface area (Å²) in [6.45, 7) is 1.19. The van der Waals surface area contributed by atoms with E-state index in [9.17, 15) is 9.90 Å². The predicted octanol–water partition coefficient (Wildman–Crippen LogP) is 3.79. The Kier molecular flexibility index (Phi) is 6.74. The molecular formula is C20H21Cl2N3O2. The Morgan fingerprint density at radius 3 is 2.67 bits per heavy atom. The molecule has 0 unspecified atom stereocenters. The molecule has 1 heterocycles. The normalized spacial score (nSPS) is 12.3. The molecule has 27 heavy (non-hydrogen) atoms. The first-order chi connectivity index (χ1) is 13.1. The molecule has 5 nitrogen and oxygen atoms in total. The highest BCUT2D eigenvalue weighted by atomic mass is 35.5. The Balaban J connectivity index is 1.53. The number of fused-ring (bicyclic) bond motifs is 1. The van der Waals surface area contributed by atoms with E-state index in [4.69, 9.17) is 23.2 Å². The highest BCUT2D eigenvalue weighted by molar-refractivity contribution is 6.42. The lowest BCUT2D eigenvalue weighted by molar-refractivity contribution is 0.237. The Hall–Kier alpha value is -2.05. The lowest BCUT2D eigenvalue weighted by Crippen LogP contribution is -2.33. The molecule has 3 aromatic rings.